The summed E-state index contributed by atoms with van der Waals surface area (Å²) in [7, 11) is 0. The Morgan fingerprint density at radius 3 is 2.65 bits per heavy atom. The molecule has 4 aromatic rings. The van der Waals surface area contributed by atoms with E-state index in [9.17, 15) is 13.6 Å². The van der Waals surface area contributed by atoms with Crippen LogP contribution in [0.25, 0.3) is 20.9 Å². The van der Waals surface area contributed by atoms with E-state index in [1.165, 1.54) is 12.1 Å². The van der Waals surface area contributed by atoms with Gasteiger partial charge in [-0.25, -0.2) is 8.78 Å². The molecule has 0 aliphatic carbocycles. The van der Waals surface area contributed by atoms with E-state index in [1.807, 2.05) is 30.3 Å². The molecule has 0 saturated carbocycles. The number of aromatic nitrogens is 1. The van der Waals surface area contributed by atoms with Gasteiger partial charge < -0.3 is 10.0 Å². The fraction of sp³-hybridized carbons (Fsp3) is 0.0435. The number of pyridine rings is 1. The normalized spacial score (nSPS) is 12.5. The van der Waals surface area contributed by atoms with Crippen LogP contribution in [0.15, 0.2) is 71.9 Å². The summed E-state index contributed by atoms with van der Waals surface area (Å²) in [5.74, 6) is -1.25. The summed E-state index contributed by atoms with van der Waals surface area (Å²) in [6, 6.07) is 15.4. The van der Waals surface area contributed by atoms with Gasteiger partial charge in [0.15, 0.2) is 0 Å². The Bertz CT molecular complexity index is 1310. The molecule has 1 aliphatic heterocycles. The molecule has 2 N–H and O–H groups in total. The molecule has 31 heavy (non-hydrogen) atoms. The van der Waals surface area contributed by atoms with E-state index in [0.29, 0.717) is 17.1 Å². The van der Waals surface area contributed by atoms with E-state index in [4.69, 9.17) is 0 Å². The molecule has 0 unspecified atom stereocenters. The number of thiophene rings is 1. The fourth-order valence-electron chi connectivity index (χ4n) is 3.34. The van der Waals surface area contributed by atoms with Crippen molar-refractivity contribution < 1.29 is 13.6 Å². The van der Waals surface area contributed by atoms with Crippen molar-refractivity contribution in [2.45, 2.75) is 11.4 Å². The second kappa shape index (κ2) is 8.13. The highest BCUT2D eigenvalue weighted by Crippen LogP contribution is 2.36. The van der Waals surface area contributed by atoms with Gasteiger partial charge in [-0.05, 0) is 65.5 Å². The number of carbonyl (C=O) groups excluding carboxylic acids is 1. The fourth-order valence-corrected chi connectivity index (χ4v) is 4.95. The van der Waals surface area contributed by atoms with Crippen LogP contribution in [0.2, 0.25) is 0 Å². The maximum absolute atomic E-state index is 13.8. The van der Waals surface area contributed by atoms with Gasteiger partial charge in [0.2, 0.25) is 0 Å². The number of hydrogen-bond donors (Lipinski definition) is 2. The summed E-state index contributed by atoms with van der Waals surface area (Å²) >= 11 is 2.70. The van der Waals surface area contributed by atoms with E-state index in [0.717, 1.165) is 50.0 Å². The van der Waals surface area contributed by atoms with Crippen LogP contribution in [-0.4, -0.2) is 10.9 Å². The molecular weight excluding hydrogens is 436 g/mol. The van der Waals surface area contributed by atoms with Crippen LogP contribution in [-0.2, 0) is 6.54 Å². The lowest BCUT2D eigenvalue weighted by atomic mass is 10.1. The van der Waals surface area contributed by atoms with Gasteiger partial charge in [0.25, 0.3) is 5.91 Å². The number of rotatable bonds is 5. The van der Waals surface area contributed by atoms with Crippen LogP contribution in [0.3, 0.4) is 0 Å². The summed E-state index contributed by atoms with van der Waals surface area (Å²) in [5, 5.41) is 2.84. The van der Waals surface area contributed by atoms with E-state index in [1.54, 1.807) is 23.7 Å². The highest BCUT2D eigenvalue weighted by Gasteiger charge is 2.19. The summed E-state index contributed by atoms with van der Waals surface area (Å²) in [4.78, 5) is 18.5. The molecule has 1 amide bonds. The summed E-state index contributed by atoms with van der Waals surface area (Å²) in [6.45, 7) is 0.560. The average Bonchev–Trinajstić information content (AvgIpc) is 3.41. The van der Waals surface area contributed by atoms with Gasteiger partial charge in [-0.15, -0.1) is 11.3 Å². The molecule has 0 bridgehead atoms. The first-order valence-electron chi connectivity index (χ1n) is 9.41. The molecule has 0 fully saturated rings. The molecule has 0 radical (unpaired) electrons. The second-order valence-corrected chi connectivity index (χ2v) is 8.89. The number of amides is 1. The van der Waals surface area contributed by atoms with E-state index in [-0.39, 0.29) is 5.91 Å². The van der Waals surface area contributed by atoms with Crippen molar-refractivity contribution in [3.8, 4) is 20.9 Å². The highest BCUT2D eigenvalue weighted by atomic mass is 32.2. The molecule has 1 aliphatic rings. The zero-order valence-electron chi connectivity index (χ0n) is 16.0. The number of carbonyl (C=O) groups is 1. The largest absolute Gasteiger partial charge is 0.348 e. The Morgan fingerprint density at radius 1 is 0.968 bits per heavy atom. The maximum Gasteiger partial charge on any atom is 0.251 e. The Kier molecular flexibility index (Phi) is 5.17. The van der Waals surface area contributed by atoms with Crippen LogP contribution >= 0.6 is 23.3 Å². The van der Waals surface area contributed by atoms with Gasteiger partial charge in [-0.2, -0.15) is 0 Å². The standard InChI is InChI=1S/C23H15F2N3OS2/c24-16-2-4-22(19(25)9-16)31-28-17-8-15(10-26-12-17)21-6-5-20(30-21)13-1-3-18-14(7-13)11-27-23(18)29/h1-10,12,28H,11H2,(H,27,29). The molecule has 2 aromatic carbocycles. The van der Waals surface area contributed by atoms with Crippen molar-refractivity contribution in [2.24, 2.45) is 0 Å². The number of anilines is 1. The molecule has 3 heterocycles. The summed E-state index contributed by atoms with van der Waals surface area (Å²) in [6.07, 6.45) is 3.42. The number of nitrogens with one attached hydrogen (secondary N) is 2. The minimum Gasteiger partial charge on any atom is -0.348 e. The zero-order chi connectivity index (χ0) is 21.4. The Hall–Kier alpha value is -3.23. The quantitative estimate of drug-likeness (QED) is 0.359. The van der Waals surface area contributed by atoms with Crippen LogP contribution in [0.5, 0.6) is 0 Å². The lowest BCUT2D eigenvalue weighted by molar-refractivity contribution is 0.0965. The first-order valence-corrected chi connectivity index (χ1v) is 11.0. The Balaban J connectivity index is 1.35. The molecule has 154 valence electrons. The Labute approximate surface area is 185 Å². The number of benzene rings is 2. The zero-order valence-corrected chi connectivity index (χ0v) is 17.6. The third-order valence-corrected chi connectivity index (χ3v) is 6.95. The van der Waals surface area contributed by atoms with Gasteiger partial charge in [-0.1, -0.05) is 6.07 Å². The lowest BCUT2D eigenvalue weighted by Gasteiger charge is -2.07. The van der Waals surface area contributed by atoms with E-state index >= 15 is 0 Å². The predicted octanol–water partition coefficient (Wildman–Crippen LogP) is 6.12. The molecule has 0 saturated heterocycles. The van der Waals surface area contributed by atoms with Crippen molar-refractivity contribution in [2.75, 3.05) is 4.72 Å². The molecule has 8 heteroatoms. The van der Waals surface area contributed by atoms with Crippen LogP contribution in [0.1, 0.15) is 15.9 Å². The number of fused-ring (bicyclic) bond motifs is 1. The Morgan fingerprint density at radius 2 is 1.81 bits per heavy atom. The third-order valence-electron chi connectivity index (χ3n) is 4.88. The van der Waals surface area contributed by atoms with Gasteiger partial charge in [0.1, 0.15) is 11.6 Å². The van der Waals surface area contributed by atoms with Crippen LogP contribution < -0.4 is 10.0 Å². The van der Waals surface area contributed by atoms with Gasteiger partial charge >= 0.3 is 0 Å². The third kappa shape index (κ3) is 4.04. The maximum atomic E-state index is 13.8. The van der Waals surface area contributed by atoms with Crippen LogP contribution in [0, 0.1) is 11.6 Å². The SMILES string of the molecule is O=C1NCc2cc(-c3ccc(-c4cncc(NSc5ccc(F)cc5F)c4)s3)ccc21. The van der Waals surface area contributed by atoms with Gasteiger partial charge in [-0.3, -0.25) is 9.78 Å². The van der Waals surface area contributed by atoms with Crippen molar-refractivity contribution in [3.05, 3.63) is 89.8 Å². The average molecular weight is 452 g/mol. The predicted molar refractivity (Wildman–Crippen MR) is 120 cm³/mol. The number of halogens is 2. The minimum absolute atomic E-state index is 0.0257. The molecular formula is C23H15F2N3OS2. The summed E-state index contributed by atoms with van der Waals surface area (Å²) in [5.41, 5.74) is 4.45. The highest BCUT2D eigenvalue weighted by molar-refractivity contribution is 8.00. The van der Waals surface area contributed by atoms with Gasteiger partial charge in [0, 0.05) is 39.7 Å². The van der Waals surface area contributed by atoms with E-state index < -0.39 is 11.6 Å². The monoisotopic (exact) mass is 451 g/mol. The molecule has 4 nitrogen and oxygen atoms in total. The van der Waals surface area contributed by atoms with Crippen molar-refractivity contribution in [3.63, 3.8) is 0 Å². The first-order chi connectivity index (χ1) is 15.1. The van der Waals surface area contributed by atoms with Crippen molar-refractivity contribution in [1.82, 2.24) is 10.3 Å². The molecule has 2 aromatic heterocycles. The lowest BCUT2D eigenvalue weighted by Crippen LogP contribution is -2.12. The first kappa shape index (κ1) is 19.7. The molecule has 0 spiro atoms. The number of nitrogens with zero attached hydrogens (tertiary/aromatic N) is 1. The van der Waals surface area contributed by atoms with E-state index in [2.05, 4.69) is 21.1 Å². The van der Waals surface area contributed by atoms with Crippen LogP contribution in [0.4, 0.5) is 14.5 Å². The smallest absolute Gasteiger partial charge is 0.251 e. The number of hydrogen-bond acceptors (Lipinski definition) is 5. The van der Waals surface area contributed by atoms with Crippen molar-refractivity contribution in [1.29, 1.82) is 0 Å². The molecule has 0 atom stereocenters. The van der Waals surface area contributed by atoms with Crippen molar-refractivity contribution >= 4 is 34.9 Å². The second-order valence-electron chi connectivity index (χ2n) is 6.96. The summed E-state index contributed by atoms with van der Waals surface area (Å²) < 4.78 is 29.9. The minimum atomic E-state index is -0.615. The molecule has 5 rings (SSSR count). The topological polar surface area (TPSA) is 54.0 Å². The van der Waals surface area contributed by atoms with Gasteiger partial charge in [0.05, 0.1) is 16.8 Å².